The topological polar surface area (TPSA) is 103 Å². The average Bonchev–Trinajstić information content (AvgIpc) is 2.75. The smallest absolute Gasteiger partial charge is 0.395 e. The first-order valence-electron chi connectivity index (χ1n) is 12.3. The minimum absolute atomic E-state index is 0.141. The molecule has 33 heavy (non-hydrogen) atoms. The Morgan fingerprint density at radius 1 is 0.909 bits per heavy atom. The molecule has 4 fully saturated rings. The van der Waals surface area contributed by atoms with Crippen molar-refractivity contribution in [3.8, 4) is 0 Å². The Labute approximate surface area is 200 Å². The maximum absolute atomic E-state index is 12.1. The highest BCUT2D eigenvalue weighted by molar-refractivity contribution is 6.60. The fourth-order valence-electron chi connectivity index (χ4n) is 4.10. The van der Waals surface area contributed by atoms with Crippen LogP contribution < -0.4 is 10.6 Å². The van der Waals surface area contributed by atoms with Crippen LogP contribution in [0.1, 0.15) is 12.8 Å². The first-order chi connectivity index (χ1) is 16.2. The van der Waals surface area contributed by atoms with Gasteiger partial charge in [0.1, 0.15) is 0 Å². The molecule has 0 atom stereocenters. The molecular weight excluding hydrogens is 464 g/mol. The number of carbonyl (C=O) groups excluding carboxylic acids is 1. The molecule has 0 spiro atoms. The van der Waals surface area contributed by atoms with E-state index in [4.69, 9.17) is 26.9 Å². The van der Waals surface area contributed by atoms with E-state index in [1.165, 1.54) is 0 Å². The number of methoxy groups -OCH3 is 1. The van der Waals surface area contributed by atoms with Crippen molar-refractivity contribution in [3.63, 3.8) is 0 Å². The van der Waals surface area contributed by atoms with E-state index in [9.17, 15) is 4.79 Å². The van der Waals surface area contributed by atoms with Crippen LogP contribution in [-0.2, 0) is 26.9 Å². The Balaban J connectivity index is 1.21. The minimum atomic E-state index is -2.60. The molecule has 4 heterocycles. The van der Waals surface area contributed by atoms with E-state index >= 15 is 0 Å². The average molecular weight is 507 g/mol. The van der Waals surface area contributed by atoms with Gasteiger partial charge in [-0.25, -0.2) is 4.79 Å². The third-order valence-electron chi connectivity index (χ3n) is 6.07. The summed E-state index contributed by atoms with van der Waals surface area (Å²) in [6, 6.07) is 1.49. The molecule has 0 radical (unpaired) electrons. The van der Waals surface area contributed by atoms with Crippen LogP contribution in [0.3, 0.4) is 0 Å². The van der Waals surface area contributed by atoms with E-state index in [-0.39, 0.29) is 6.03 Å². The number of hydrogen-bond donors (Lipinski definition) is 2. The van der Waals surface area contributed by atoms with Crippen molar-refractivity contribution in [1.29, 1.82) is 0 Å². The second kappa shape index (κ2) is 15.4. The maximum atomic E-state index is 12.1. The highest BCUT2D eigenvalue weighted by Crippen LogP contribution is 2.21. The van der Waals surface area contributed by atoms with Crippen LogP contribution in [0.15, 0.2) is 0 Å². The molecule has 4 saturated heterocycles. The van der Waals surface area contributed by atoms with E-state index in [1.807, 2.05) is 0 Å². The second-order valence-corrected chi connectivity index (χ2v) is 13.3. The van der Waals surface area contributed by atoms with Gasteiger partial charge in [-0.2, -0.15) is 0 Å². The van der Waals surface area contributed by atoms with Crippen molar-refractivity contribution in [2.24, 2.45) is 0 Å². The van der Waals surface area contributed by atoms with Gasteiger partial charge in [-0.15, -0.1) is 0 Å². The van der Waals surface area contributed by atoms with Crippen LogP contribution in [0.4, 0.5) is 4.79 Å². The standard InChI is InChI=1S/C20H42N4O7Si2/c1-26-12-6-23-7-13-27-32(28-14-8-23)18-2-4-21-20(25)22-5-3-19-33-29-15-9-24(10-16-30-33)11-17-31-33/h32H,2-19H2,1H3,(H2,21,22,25). The fourth-order valence-corrected chi connectivity index (χ4v) is 8.31. The van der Waals surface area contributed by atoms with Gasteiger partial charge in [0.2, 0.25) is 0 Å². The summed E-state index contributed by atoms with van der Waals surface area (Å²) in [5.74, 6) is 0. The van der Waals surface area contributed by atoms with Crippen molar-refractivity contribution >= 4 is 24.1 Å². The number of urea groups is 1. The summed E-state index contributed by atoms with van der Waals surface area (Å²) in [7, 11) is -2.53. The van der Waals surface area contributed by atoms with Crippen molar-refractivity contribution in [2.75, 3.05) is 99.1 Å². The summed E-state index contributed by atoms with van der Waals surface area (Å²) in [4.78, 5) is 16.7. The molecule has 0 aromatic heterocycles. The Hall–Kier alpha value is -0.616. The SMILES string of the molecule is COCCN1CCO[SiH](CCCNC(=O)NCCC[Si]23OCCN(CCO2)CCO3)OCC1. The lowest BCUT2D eigenvalue weighted by Crippen LogP contribution is -2.55. The lowest BCUT2D eigenvalue weighted by molar-refractivity contribution is -0.00848. The first kappa shape index (κ1) is 27.0. The lowest BCUT2D eigenvalue weighted by Gasteiger charge is -2.38. The lowest BCUT2D eigenvalue weighted by atomic mass is 10.4. The van der Waals surface area contributed by atoms with Crippen LogP contribution >= 0.6 is 0 Å². The Morgan fingerprint density at radius 3 is 2.12 bits per heavy atom. The number of carbonyl (C=O) groups is 1. The number of ether oxygens (including phenoxy) is 1. The predicted molar refractivity (Wildman–Crippen MR) is 128 cm³/mol. The summed E-state index contributed by atoms with van der Waals surface area (Å²) < 4.78 is 35.1. The Kier molecular flexibility index (Phi) is 12.6. The maximum Gasteiger partial charge on any atom is 0.501 e. The molecule has 11 nitrogen and oxygen atoms in total. The molecule has 2 N–H and O–H groups in total. The zero-order chi connectivity index (χ0) is 23.2. The van der Waals surface area contributed by atoms with Gasteiger partial charge in [-0.05, 0) is 18.9 Å². The third kappa shape index (κ3) is 10.3. The number of rotatable bonds is 11. The minimum Gasteiger partial charge on any atom is -0.395 e. The molecule has 2 amide bonds. The van der Waals surface area contributed by atoms with Crippen LogP contribution in [0.2, 0.25) is 12.1 Å². The van der Waals surface area contributed by atoms with Crippen LogP contribution in [0.25, 0.3) is 0 Å². The number of nitrogens with zero attached hydrogens (tertiary/aromatic N) is 2. The number of nitrogens with one attached hydrogen (secondary N) is 2. The van der Waals surface area contributed by atoms with Gasteiger partial charge in [0, 0.05) is 78.7 Å². The molecule has 0 aromatic rings. The van der Waals surface area contributed by atoms with Crippen molar-refractivity contribution < 1.29 is 31.7 Å². The number of fused-ring (bicyclic) bond motifs is 6. The Morgan fingerprint density at radius 2 is 1.52 bits per heavy atom. The zero-order valence-corrected chi connectivity index (χ0v) is 22.2. The van der Waals surface area contributed by atoms with E-state index in [1.54, 1.807) is 7.11 Å². The van der Waals surface area contributed by atoms with Gasteiger partial charge >= 0.3 is 24.1 Å². The van der Waals surface area contributed by atoms with Crippen LogP contribution in [-0.4, -0.2) is 133 Å². The van der Waals surface area contributed by atoms with E-state index in [0.717, 1.165) is 70.8 Å². The summed E-state index contributed by atoms with van der Waals surface area (Å²) in [5, 5.41) is 5.86. The molecule has 0 unspecified atom stereocenters. The summed E-state index contributed by atoms with van der Waals surface area (Å²) in [6.07, 6.45) is 1.64. The summed E-state index contributed by atoms with van der Waals surface area (Å²) in [6.45, 7) is 10.9. The molecule has 4 aliphatic heterocycles. The van der Waals surface area contributed by atoms with Gasteiger partial charge in [0.15, 0.2) is 0 Å². The molecule has 4 rings (SSSR count). The number of hydrogen-bond acceptors (Lipinski definition) is 9. The van der Waals surface area contributed by atoms with Crippen molar-refractivity contribution in [2.45, 2.75) is 24.9 Å². The molecular formula is C20H42N4O7Si2. The van der Waals surface area contributed by atoms with Crippen molar-refractivity contribution in [1.82, 2.24) is 20.4 Å². The highest BCUT2D eigenvalue weighted by atomic mass is 28.4. The zero-order valence-electron chi connectivity index (χ0n) is 20.1. The second-order valence-electron chi connectivity index (χ2n) is 8.50. The largest absolute Gasteiger partial charge is 0.501 e. The third-order valence-corrected chi connectivity index (χ3v) is 11.1. The van der Waals surface area contributed by atoms with Crippen molar-refractivity contribution in [3.05, 3.63) is 0 Å². The van der Waals surface area contributed by atoms with Gasteiger partial charge in [0.25, 0.3) is 0 Å². The molecule has 0 aromatic carbocycles. The van der Waals surface area contributed by atoms with Gasteiger partial charge in [-0.1, -0.05) is 0 Å². The van der Waals surface area contributed by atoms with E-state index in [0.29, 0.717) is 46.1 Å². The molecule has 13 heteroatoms. The normalized spacial score (nSPS) is 27.7. The first-order valence-corrected chi connectivity index (χ1v) is 16.0. The fraction of sp³-hybridized carbons (Fsp3) is 0.950. The quantitative estimate of drug-likeness (QED) is 0.286. The molecule has 0 aliphatic carbocycles. The monoisotopic (exact) mass is 506 g/mol. The van der Waals surface area contributed by atoms with Crippen LogP contribution in [0, 0.1) is 0 Å². The molecule has 4 aliphatic rings. The summed E-state index contributed by atoms with van der Waals surface area (Å²) in [5.41, 5.74) is 0. The molecule has 2 bridgehead atoms. The van der Waals surface area contributed by atoms with Gasteiger partial charge < -0.3 is 37.5 Å². The molecule has 0 saturated carbocycles. The Bertz CT molecular complexity index is 530. The van der Waals surface area contributed by atoms with Gasteiger partial charge in [0.05, 0.1) is 26.4 Å². The van der Waals surface area contributed by atoms with Gasteiger partial charge in [-0.3, -0.25) is 9.80 Å². The van der Waals surface area contributed by atoms with E-state index < -0.39 is 18.1 Å². The van der Waals surface area contributed by atoms with Crippen LogP contribution in [0.5, 0.6) is 0 Å². The number of amides is 2. The predicted octanol–water partition coefficient (Wildman–Crippen LogP) is -0.401. The highest BCUT2D eigenvalue weighted by Gasteiger charge is 2.43. The molecule has 192 valence electrons. The summed E-state index contributed by atoms with van der Waals surface area (Å²) >= 11 is 0. The van der Waals surface area contributed by atoms with E-state index in [2.05, 4.69) is 20.4 Å².